The van der Waals surface area contributed by atoms with Crippen molar-refractivity contribution in [3.63, 3.8) is 0 Å². The van der Waals surface area contributed by atoms with E-state index in [1.165, 1.54) is 5.56 Å². The van der Waals surface area contributed by atoms with Gasteiger partial charge in [0.1, 0.15) is 17.3 Å². The number of nitrogens with two attached hydrogens (primary N) is 1. The smallest absolute Gasteiger partial charge is 0.139 e. The summed E-state index contributed by atoms with van der Waals surface area (Å²) in [5.41, 5.74) is 7.46. The molecule has 0 spiro atoms. The van der Waals surface area contributed by atoms with Crippen molar-refractivity contribution >= 4 is 21.8 Å². The number of ether oxygens (including phenoxy) is 1. The van der Waals surface area contributed by atoms with E-state index in [0.29, 0.717) is 11.3 Å². The Balaban J connectivity index is 2.40. The fourth-order valence-electron chi connectivity index (χ4n) is 2.00. The van der Waals surface area contributed by atoms with E-state index < -0.39 is 0 Å². The summed E-state index contributed by atoms with van der Waals surface area (Å²) in [4.78, 5) is 0. The van der Waals surface area contributed by atoms with E-state index in [0.717, 1.165) is 10.2 Å². The summed E-state index contributed by atoms with van der Waals surface area (Å²) < 4.78 is 6.69. The number of nitrogens with one attached hydrogen (secondary N) is 1. The minimum atomic E-state index is -0.0237. The molecule has 21 heavy (non-hydrogen) atoms. The molecule has 0 atom stereocenters. The molecule has 0 aliphatic heterocycles. The Kier molecular flexibility index (Phi) is 4.37. The molecule has 110 valence electrons. The first-order valence-corrected chi connectivity index (χ1v) is 7.49. The first-order chi connectivity index (χ1) is 9.79. The van der Waals surface area contributed by atoms with Crippen LogP contribution in [0.3, 0.4) is 0 Å². The quantitative estimate of drug-likeness (QED) is 0.618. The molecule has 0 fully saturated rings. The van der Waals surface area contributed by atoms with E-state index in [2.05, 4.69) is 42.8 Å². The number of hydrogen-bond acceptors (Lipinski definition) is 2. The van der Waals surface area contributed by atoms with Crippen LogP contribution in [0.5, 0.6) is 11.5 Å². The molecule has 2 aromatic rings. The van der Waals surface area contributed by atoms with E-state index in [4.69, 9.17) is 15.9 Å². The summed E-state index contributed by atoms with van der Waals surface area (Å²) in [6.07, 6.45) is 0. The van der Waals surface area contributed by atoms with Crippen molar-refractivity contribution in [1.29, 1.82) is 5.41 Å². The topological polar surface area (TPSA) is 59.1 Å². The molecule has 0 aromatic heterocycles. The van der Waals surface area contributed by atoms with Crippen molar-refractivity contribution in [2.45, 2.75) is 26.2 Å². The van der Waals surface area contributed by atoms with Crippen LogP contribution in [0.25, 0.3) is 0 Å². The van der Waals surface area contributed by atoms with Crippen molar-refractivity contribution in [2.24, 2.45) is 5.73 Å². The van der Waals surface area contributed by atoms with Crippen LogP contribution < -0.4 is 10.5 Å². The highest BCUT2D eigenvalue weighted by Crippen LogP contribution is 2.32. The molecule has 0 radical (unpaired) electrons. The van der Waals surface area contributed by atoms with Gasteiger partial charge in [0, 0.05) is 4.47 Å². The first kappa shape index (κ1) is 15.6. The fraction of sp³-hybridized carbons (Fsp3) is 0.235. The summed E-state index contributed by atoms with van der Waals surface area (Å²) in [7, 11) is 0. The standard InChI is InChI=1S/C17H19BrN2O/c1-17(2,3)11-6-4-7-12(10-11)21-14-9-5-8-13(18)15(14)16(19)20/h4-10H,1-3H3,(H3,19,20). The van der Waals surface area contributed by atoms with E-state index >= 15 is 0 Å². The summed E-state index contributed by atoms with van der Waals surface area (Å²) in [6.45, 7) is 6.48. The largest absolute Gasteiger partial charge is 0.457 e. The van der Waals surface area contributed by atoms with Gasteiger partial charge in [0.2, 0.25) is 0 Å². The molecular formula is C17H19BrN2O. The maximum Gasteiger partial charge on any atom is 0.139 e. The summed E-state index contributed by atoms with van der Waals surface area (Å²) in [6, 6.07) is 13.5. The lowest BCUT2D eigenvalue weighted by Gasteiger charge is -2.20. The van der Waals surface area contributed by atoms with Gasteiger partial charge >= 0.3 is 0 Å². The van der Waals surface area contributed by atoms with Gasteiger partial charge in [-0.3, -0.25) is 5.41 Å². The average molecular weight is 347 g/mol. The molecule has 0 unspecified atom stereocenters. The highest BCUT2D eigenvalue weighted by atomic mass is 79.9. The van der Waals surface area contributed by atoms with Crippen LogP contribution in [-0.4, -0.2) is 5.84 Å². The minimum absolute atomic E-state index is 0.0237. The second kappa shape index (κ2) is 5.90. The lowest BCUT2D eigenvalue weighted by Crippen LogP contribution is -2.13. The molecule has 2 rings (SSSR count). The minimum Gasteiger partial charge on any atom is -0.457 e. The van der Waals surface area contributed by atoms with Crippen LogP contribution in [0.15, 0.2) is 46.9 Å². The average Bonchev–Trinajstić information content (AvgIpc) is 2.37. The maximum absolute atomic E-state index is 7.69. The van der Waals surface area contributed by atoms with Gasteiger partial charge in [0.25, 0.3) is 0 Å². The number of halogens is 1. The predicted octanol–water partition coefficient (Wildman–Crippen LogP) is 4.82. The number of nitrogen functional groups attached to an aromatic ring is 1. The molecule has 0 aliphatic rings. The molecule has 0 aliphatic carbocycles. The summed E-state index contributed by atoms with van der Waals surface area (Å²) in [5.74, 6) is 1.29. The second-order valence-electron chi connectivity index (χ2n) is 5.91. The van der Waals surface area contributed by atoms with Gasteiger partial charge < -0.3 is 10.5 Å². The van der Waals surface area contributed by atoms with Crippen LogP contribution in [-0.2, 0) is 5.41 Å². The van der Waals surface area contributed by atoms with Crippen LogP contribution in [0.4, 0.5) is 0 Å². The molecule has 0 bridgehead atoms. The number of amidine groups is 1. The second-order valence-corrected chi connectivity index (χ2v) is 6.76. The highest BCUT2D eigenvalue weighted by Gasteiger charge is 2.15. The number of hydrogen-bond donors (Lipinski definition) is 2. The van der Waals surface area contributed by atoms with Crippen molar-refractivity contribution < 1.29 is 4.74 Å². The molecule has 3 nitrogen and oxygen atoms in total. The third-order valence-corrected chi connectivity index (χ3v) is 3.83. The van der Waals surface area contributed by atoms with Gasteiger partial charge in [0.05, 0.1) is 5.56 Å². The molecule has 0 saturated heterocycles. The van der Waals surface area contributed by atoms with Crippen molar-refractivity contribution in [2.75, 3.05) is 0 Å². The molecular weight excluding hydrogens is 328 g/mol. The number of rotatable bonds is 3. The monoisotopic (exact) mass is 346 g/mol. The van der Waals surface area contributed by atoms with Gasteiger partial charge in [-0.2, -0.15) is 0 Å². The van der Waals surface area contributed by atoms with Crippen LogP contribution in [0.2, 0.25) is 0 Å². The Morgan fingerprint density at radius 3 is 2.43 bits per heavy atom. The third kappa shape index (κ3) is 3.64. The lowest BCUT2D eigenvalue weighted by atomic mass is 9.87. The molecule has 2 aromatic carbocycles. The van der Waals surface area contributed by atoms with Crippen LogP contribution in [0.1, 0.15) is 31.9 Å². The third-order valence-electron chi connectivity index (χ3n) is 3.17. The van der Waals surface area contributed by atoms with Crippen molar-refractivity contribution in [1.82, 2.24) is 0 Å². The molecule has 4 heteroatoms. The van der Waals surface area contributed by atoms with Gasteiger partial charge in [-0.25, -0.2) is 0 Å². The van der Waals surface area contributed by atoms with Crippen molar-refractivity contribution in [3.8, 4) is 11.5 Å². The van der Waals surface area contributed by atoms with Gasteiger partial charge in [-0.15, -0.1) is 0 Å². The number of benzene rings is 2. The van der Waals surface area contributed by atoms with E-state index in [9.17, 15) is 0 Å². The summed E-state index contributed by atoms with van der Waals surface area (Å²) in [5, 5.41) is 7.69. The van der Waals surface area contributed by atoms with Gasteiger partial charge in [0.15, 0.2) is 0 Å². The molecule has 0 saturated carbocycles. The van der Waals surface area contributed by atoms with Crippen LogP contribution in [0, 0.1) is 5.41 Å². The zero-order valence-electron chi connectivity index (χ0n) is 12.4. The Morgan fingerprint density at radius 2 is 1.81 bits per heavy atom. The van der Waals surface area contributed by atoms with Gasteiger partial charge in [-0.05, 0) is 51.2 Å². The predicted molar refractivity (Wildman–Crippen MR) is 90.4 cm³/mol. The Hall–Kier alpha value is -1.81. The highest BCUT2D eigenvalue weighted by molar-refractivity contribution is 9.10. The molecule has 0 heterocycles. The SMILES string of the molecule is CC(C)(C)c1cccc(Oc2cccc(Br)c2C(=N)N)c1. The maximum atomic E-state index is 7.69. The normalized spacial score (nSPS) is 11.2. The zero-order valence-corrected chi connectivity index (χ0v) is 14.0. The first-order valence-electron chi connectivity index (χ1n) is 6.70. The van der Waals surface area contributed by atoms with E-state index in [1.54, 1.807) is 0 Å². The van der Waals surface area contributed by atoms with Crippen molar-refractivity contribution in [3.05, 3.63) is 58.1 Å². The Labute approximate surface area is 133 Å². The summed E-state index contributed by atoms with van der Waals surface area (Å²) >= 11 is 3.41. The Bertz CT molecular complexity index is 675. The molecule has 0 amide bonds. The van der Waals surface area contributed by atoms with E-state index in [1.807, 2.05) is 36.4 Å². The van der Waals surface area contributed by atoms with Crippen LogP contribution >= 0.6 is 15.9 Å². The van der Waals surface area contributed by atoms with Gasteiger partial charge in [-0.1, -0.05) is 39.0 Å². The molecule has 3 N–H and O–H groups in total. The fourth-order valence-corrected chi connectivity index (χ4v) is 2.57. The lowest BCUT2D eigenvalue weighted by molar-refractivity contribution is 0.477. The zero-order chi connectivity index (χ0) is 15.6. The Morgan fingerprint density at radius 1 is 1.14 bits per heavy atom. The van der Waals surface area contributed by atoms with E-state index in [-0.39, 0.29) is 11.3 Å².